The minimum atomic E-state index is -1.06. The van der Waals surface area contributed by atoms with Gasteiger partial charge in [-0.3, -0.25) is 9.59 Å². The van der Waals surface area contributed by atoms with Crippen LogP contribution in [0.1, 0.15) is 28.4 Å². The van der Waals surface area contributed by atoms with Crippen molar-refractivity contribution in [3.8, 4) is 23.1 Å². The molecule has 0 spiro atoms. The summed E-state index contributed by atoms with van der Waals surface area (Å²) < 4.78 is 25.1. The number of thiazole rings is 1. The molecule has 0 unspecified atom stereocenters. The summed E-state index contributed by atoms with van der Waals surface area (Å²) in [5, 5.41) is 16.8. The Morgan fingerprint density at radius 1 is 1.35 bits per heavy atom. The Morgan fingerprint density at radius 2 is 2.18 bits per heavy atom. The van der Waals surface area contributed by atoms with Crippen LogP contribution in [0.2, 0.25) is 0 Å². The second-order valence-corrected chi connectivity index (χ2v) is 8.78. The van der Waals surface area contributed by atoms with Crippen molar-refractivity contribution in [1.29, 1.82) is 5.26 Å². The van der Waals surface area contributed by atoms with Crippen molar-refractivity contribution in [2.45, 2.75) is 18.9 Å². The summed E-state index contributed by atoms with van der Waals surface area (Å²) in [4.78, 5) is 29.3. The van der Waals surface area contributed by atoms with E-state index in [0.717, 1.165) is 11.6 Å². The molecule has 2 heterocycles. The molecule has 0 radical (unpaired) electrons. The van der Waals surface area contributed by atoms with E-state index in [4.69, 9.17) is 9.47 Å². The van der Waals surface area contributed by atoms with E-state index in [9.17, 15) is 19.2 Å². The molecule has 2 aromatic carbocycles. The number of nitrogens with zero attached hydrogens (tertiary/aromatic N) is 2. The zero-order valence-corrected chi connectivity index (χ0v) is 19.3. The lowest BCUT2D eigenvalue weighted by Crippen LogP contribution is -2.35. The highest BCUT2D eigenvalue weighted by Crippen LogP contribution is 2.34. The number of carbonyl (C=O) groups excluding carboxylic acids is 2. The number of fused-ring (bicyclic) bond motifs is 1. The number of ether oxygens (including phenoxy) is 2. The van der Waals surface area contributed by atoms with Crippen LogP contribution in [0.5, 0.6) is 5.75 Å². The van der Waals surface area contributed by atoms with Crippen molar-refractivity contribution in [2.75, 3.05) is 25.6 Å². The number of hydrogen-bond donors (Lipinski definition) is 2. The molecule has 1 aliphatic heterocycles. The number of aromatic nitrogens is 1. The number of nitriles is 1. The Labute approximate surface area is 199 Å². The third-order valence-electron chi connectivity index (χ3n) is 5.46. The summed E-state index contributed by atoms with van der Waals surface area (Å²) in [6.07, 6.45) is 0. The summed E-state index contributed by atoms with van der Waals surface area (Å²) in [5.74, 6) is -1.03. The first-order valence-electron chi connectivity index (χ1n) is 10.3. The van der Waals surface area contributed by atoms with Crippen molar-refractivity contribution in [1.82, 2.24) is 10.3 Å². The number of halogens is 1. The predicted octanol–water partition coefficient (Wildman–Crippen LogP) is 3.64. The predicted molar refractivity (Wildman–Crippen MR) is 124 cm³/mol. The number of rotatable bonds is 6. The van der Waals surface area contributed by atoms with Crippen molar-refractivity contribution in [3.63, 3.8) is 0 Å². The molecule has 0 saturated heterocycles. The first-order valence-corrected chi connectivity index (χ1v) is 11.2. The summed E-state index contributed by atoms with van der Waals surface area (Å²) in [6.45, 7) is 1.45. The van der Waals surface area contributed by atoms with Gasteiger partial charge in [0.2, 0.25) is 5.91 Å². The monoisotopic (exact) mass is 480 g/mol. The highest BCUT2D eigenvalue weighted by Gasteiger charge is 2.35. The SMILES string of the molecule is COc1cccc(-c2csc(NC(=O)CNC(=O)c3cc(F)c4c(c3)[C@](C)(C#N)COC4)n2)c1. The number of hydrogen-bond acceptors (Lipinski definition) is 7. The molecule has 0 bridgehead atoms. The molecule has 8 nitrogen and oxygen atoms in total. The van der Waals surface area contributed by atoms with Gasteiger partial charge in [0, 0.05) is 22.1 Å². The molecule has 3 aromatic rings. The highest BCUT2D eigenvalue weighted by molar-refractivity contribution is 7.14. The average molecular weight is 481 g/mol. The van der Waals surface area contributed by atoms with Gasteiger partial charge in [0.1, 0.15) is 17.0 Å². The van der Waals surface area contributed by atoms with Gasteiger partial charge in [0.15, 0.2) is 5.13 Å². The fourth-order valence-electron chi connectivity index (χ4n) is 3.61. The van der Waals surface area contributed by atoms with Gasteiger partial charge >= 0.3 is 0 Å². The van der Waals surface area contributed by atoms with Crippen LogP contribution in [-0.2, 0) is 21.6 Å². The van der Waals surface area contributed by atoms with Crippen molar-refractivity contribution in [2.24, 2.45) is 0 Å². The molecule has 174 valence electrons. The second-order valence-electron chi connectivity index (χ2n) is 7.92. The first-order chi connectivity index (χ1) is 16.3. The fourth-order valence-corrected chi connectivity index (χ4v) is 4.34. The van der Waals surface area contributed by atoms with E-state index in [1.165, 1.54) is 17.4 Å². The molecular formula is C24H21FN4O4S. The van der Waals surface area contributed by atoms with Crippen LogP contribution in [0.15, 0.2) is 41.8 Å². The summed E-state index contributed by atoms with van der Waals surface area (Å²) in [7, 11) is 1.58. The summed E-state index contributed by atoms with van der Waals surface area (Å²) >= 11 is 1.25. The Bertz CT molecular complexity index is 1300. The molecule has 1 aliphatic rings. The Hall–Kier alpha value is -3.81. The van der Waals surface area contributed by atoms with Gasteiger partial charge in [-0.25, -0.2) is 9.37 Å². The minimum absolute atomic E-state index is 0.0296. The van der Waals surface area contributed by atoms with E-state index in [1.54, 1.807) is 19.4 Å². The Morgan fingerprint density at radius 3 is 2.94 bits per heavy atom. The number of nitrogens with one attached hydrogen (secondary N) is 2. The van der Waals surface area contributed by atoms with Gasteiger partial charge in [-0.1, -0.05) is 12.1 Å². The van der Waals surface area contributed by atoms with E-state index >= 15 is 0 Å². The van der Waals surface area contributed by atoms with Gasteiger partial charge in [-0.05, 0) is 36.8 Å². The standard InChI is InChI=1S/C24H21FN4O4S/c1-24(12-26)13-33-10-17-18(24)7-15(8-19(17)25)22(31)27-9-21(30)29-23-28-20(11-34-23)14-4-3-5-16(6-14)32-2/h3-8,11H,9-10,13H2,1-2H3,(H,27,31)(H,28,29,30)/t24-/m1/s1. The molecule has 2 N–H and O–H groups in total. The van der Waals surface area contributed by atoms with Crippen LogP contribution < -0.4 is 15.4 Å². The van der Waals surface area contributed by atoms with Crippen LogP contribution in [0, 0.1) is 17.1 Å². The molecule has 1 aromatic heterocycles. The van der Waals surface area contributed by atoms with Gasteiger partial charge in [-0.2, -0.15) is 5.26 Å². The van der Waals surface area contributed by atoms with Crippen molar-refractivity contribution in [3.05, 3.63) is 64.3 Å². The summed E-state index contributed by atoms with van der Waals surface area (Å²) in [6, 6.07) is 12.1. The van der Waals surface area contributed by atoms with Crippen LogP contribution >= 0.6 is 11.3 Å². The second kappa shape index (κ2) is 9.59. The van der Waals surface area contributed by atoms with E-state index in [-0.39, 0.29) is 30.9 Å². The third-order valence-corrected chi connectivity index (χ3v) is 6.22. The van der Waals surface area contributed by atoms with Crippen LogP contribution in [0.3, 0.4) is 0 Å². The molecule has 34 heavy (non-hydrogen) atoms. The van der Waals surface area contributed by atoms with Gasteiger partial charge < -0.3 is 20.1 Å². The van der Waals surface area contributed by atoms with Crippen molar-refractivity contribution < 1.29 is 23.5 Å². The minimum Gasteiger partial charge on any atom is -0.497 e. The molecular weight excluding hydrogens is 459 g/mol. The molecule has 10 heteroatoms. The van der Waals surface area contributed by atoms with Gasteiger partial charge in [0.25, 0.3) is 5.91 Å². The number of benzene rings is 2. The first kappa shape index (κ1) is 23.4. The molecule has 1 atom stereocenters. The highest BCUT2D eigenvalue weighted by atomic mass is 32.1. The van der Waals surface area contributed by atoms with Gasteiger partial charge in [-0.15, -0.1) is 11.3 Å². The molecule has 4 rings (SSSR count). The lowest BCUT2D eigenvalue weighted by molar-refractivity contribution is -0.115. The van der Waals surface area contributed by atoms with E-state index in [1.807, 2.05) is 24.3 Å². The van der Waals surface area contributed by atoms with Crippen molar-refractivity contribution >= 4 is 28.3 Å². The molecule has 0 fully saturated rings. The lowest BCUT2D eigenvalue weighted by Gasteiger charge is -2.30. The maximum Gasteiger partial charge on any atom is 0.251 e. The lowest BCUT2D eigenvalue weighted by atomic mass is 9.79. The zero-order chi connectivity index (χ0) is 24.3. The van der Waals surface area contributed by atoms with Crippen LogP contribution in [0.4, 0.5) is 9.52 Å². The maximum absolute atomic E-state index is 14.6. The molecule has 0 aliphatic carbocycles. The topological polar surface area (TPSA) is 113 Å². The average Bonchev–Trinajstić information content (AvgIpc) is 3.31. The quantitative estimate of drug-likeness (QED) is 0.557. The maximum atomic E-state index is 14.6. The molecule has 0 saturated carbocycles. The summed E-state index contributed by atoms with van der Waals surface area (Å²) in [5.41, 5.74) is 1.17. The number of anilines is 1. The fraction of sp³-hybridized carbons (Fsp3) is 0.250. The van der Waals surface area contributed by atoms with Gasteiger partial charge in [0.05, 0.1) is 38.6 Å². The van der Waals surface area contributed by atoms with Crippen LogP contribution in [0.25, 0.3) is 11.3 Å². The van der Waals surface area contributed by atoms with E-state index < -0.39 is 23.0 Å². The number of methoxy groups -OCH3 is 1. The number of amides is 2. The van der Waals surface area contributed by atoms with E-state index in [0.29, 0.717) is 22.1 Å². The molecule has 2 amide bonds. The smallest absolute Gasteiger partial charge is 0.251 e. The van der Waals surface area contributed by atoms with E-state index in [2.05, 4.69) is 21.7 Å². The third kappa shape index (κ3) is 4.76. The number of carbonyl (C=O) groups is 2. The largest absolute Gasteiger partial charge is 0.497 e. The Balaban J connectivity index is 1.40. The van der Waals surface area contributed by atoms with Crippen LogP contribution in [-0.4, -0.2) is 37.1 Å². The zero-order valence-electron chi connectivity index (χ0n) is 18.5. The Kier molecular flexibility index (Phi) is 6.58. The normalized spacial score (nSPS) is 16.8.